The lowest BCUT2D eigenvalue weighted by Gasteiger charge is -2.30. The van der Waals surface area contributed by atoms with Gasteiger partial charge in [0, 0.05) is 24.6 Å². The molecule has 0 bridgehead atoms. The van der Waals surface area contributed by atoms with Crippen molar-refractivity contribution in [2.24, 2.45) is 11.7 Å². The lowest BCUT2D eigenvalue weighted by atomic mass is 9.95. The Morgan fingerprint density at radius 3 is 2.46 bits per heavy atom. The van der Waals surface area contributed by atoms with Crippen LogP contribution in [0.3, 0.4) is 0 Å². The molecule has 7 nitrogen and oxygen atoms in total. The highest BCUT2D eigenvalue weighted by Crippen LogP contribution is 2.32. The number of carbonyl (C=O) groups excluding carboxylic acids is 2. The van der Waals surface area contributed by atoms with Crippen LogP contribution in [0.1, 0.15) is 42.0 Å². The molecular formula is C18H20FN3O4. The normalized spacial score (nSPS) is 16.5. The van der Waals surface area contributed by atoms with E-state index in [9.17, 15) is 19.1 Å². The highest BCUT2D eigenvalue weighted by Gasteiger charge is 2.32. The predicted molar refractivity (Wildman–Crippen MR) is 90.4 cm³/mol. The zero-order valence-corrected chi connectivity index (χ0v) is 14.3. The maximum Gasteiger partial charge on any atom is 0.292 e. The number of aromatic nitrogens is 1. The minimum absolute atomic E-state index is 0.0446. The number of likely N-dealkylation sites (tertiary alicyclic amines) is 1. The van der Waals surface area contributed by atoms with E-state index < -0.39 is 17.8 Å². The molecule has 1 atom stereocenters. The molecule has 1 aromatic carbocycles. The molecule has 1 saturated heterocycles. The Balaban J connectivity index is 1.87. The van der Waals surface area contributed by atoms with Gasteiger partial charge < -0.3 is 20.3 Å². The van der Waals surface area contributed by atoms with Gasteiger partial charge in [-0.1, -0.05) is 5.16 Å². The average Bonchev–Trinajstić information content (AvgIpc) is 3.07. The number of nitrogens with zero attached hydrogens (tertiary/aromatic N) is 2. The molecule has 2 aromatic rings. The van der Waals surface area contributed by atoms with Crippen molar-refractivity contribution in [2.45, 2.75) is 25.9 Å². The number of rotatable bonds is 4. The van der Waals surface area contributed by atoms with Gasteiger partial charge in [0.1, 0.15) is 11.5 Å². The quantitative estimate of drug-likeness (QED) is 0.864. The Hall–Kier alpha value is -2.74. The van der Waals surface area contributed by atoms with Gasteiger partial charge in [0.15, 0.2) is 0 Å². The van der Waals surface area contributed by atoms with Crippen molar-refractivity contribution < 1.29 is 23.6 Å². The van der Waals surface area contributed by atoms with E-state index in [0.717, 1.165) is 0 Å². The standard InChI is InChI=1S/C18H20FN3O4/c1-10(23)14-15(11-2-4-13(19)5-3-11)21-26-16(14)18(25)22-8-6-12(7-9-22)17(20)24/h2-5,10,12,23H,6-9H2,1H3,(H2,20,24). The predicted octanol–water partition coefficient (Wildman–Crippen LogP) is 1.87. The number of primary amides is 1. The smallest absolute Gasteiger partial charge is 0.292 e. The number of carbonyl (C=O) groups is 2. The van der Waals surface area contributed by atoms with Crippen LogP contribution in [0, 0.1) is 11.7 Å². The van der Waals surface area contributed by atoms with Crippen molar-refractivity contribution in [2.75, 3.05) is 13.1 Å². The highest BCUT2D eigenvalue weighted by atomic mass is 19.1. The fourth-order valence-corrected chi connectivity index (χ4v) is 3.17. The monoisotopic (exact) mass is 361 g/mol. The molecule has 1 aromatic heterocycles. The fraction of sp³-hybridized carbons (Fsp3) is 0.389. The minimum atomic E-state index is -0.997. The van der Waals surface area contributed by atoms with E-state index in [2.05, 4.69) is 5.16 Å². The molecule has 3 rings (SSSR count). The Bertz CT molecular complexity index is 808. The van der Waals surface area contributed by atoms with E-state index >= 15 is 0 Å². The molecule has 1 fully saturated rings. The van der Waals surface area contributed by atoms with Crippen molar-refractivity contribution in [3.63, 3.8) is 0 Å². The second-order valence-electron chi connectivity index (χ2n) is 6.43. The van der Waals surface area contributed by atoms with Crippen molar-refractivity contribution in [3.8, 4) is 11.3 Å². The molecule has 1 aliphatic heterocycles. The first-order valence-electron chi connectivity index (χ1n) is 8.40. The van der Waals surface area contributed by atoms with Gasteiger partial charge in [-0.25, -0.2) is 4.39 Å². The van der Waals surface area contributed by atoms with E-state index in [1.54, 1.807) is 4.90 Å². The van der Waals surface area contributed by atoms with Gasteiger partial charge in [0.2, 0.25) is 11.7 Å². The number of benzene rings is 1. The summed E-state index contributed by atoms with van der Waals surface area (Å²) in [5, 5.41) is 14.1. The lowest BCUT2D eigenvalue weighted by Crippen LogP contribution is -2.41. The van der Waals surface area contributed by atoms with E-state index in [0.29, 0.717) is 37.2 Å². The molecule has 8 heteroatoms. The Labute approximate surface area is 149 Å². The number of nitrogens with two attached hydrogens (primary N) is 1. The van der Waals surface area contributed by atoms with Crippen LogP contribution in [0.2, 0.25) is 0 Å². The molecule has 1 unspecified atom stereocenters. The second-order valence-corrected chi connectivity index (χ2v) is 6.43. The molecule has 0 radical (unpaired) electrons. The third-order valence-electron chi connectivity index (χ3n) is 4.64. The van der Waals surface area contributed by atoms with Crippen LogP contribution in [-0.2, 0) is 4.79 Å². The summed E-state index contributed by atoms with van der Waals surface area (Å²) in [5.41, 5.74) is 6.41. The van der Waals surface area contributed by atoms with Crippen LogP contribution < -0.4 is 5.73 Å². The molecule has 26 heavy (non-hydrogen) atoms. The summed E-state index contributed by atoms with van der Waals surface area (Å²) in [4.78, 5) is 25.6. The average molecular weight is 361 g/mol. The van der Waals surface area contributed by atoms with Gasteiger partial charge >= 0.3 is 0 Å². The summed E-state index contributed by atoms with van der Waals surface area (Å²) in [5.74, 6) is -1.44. The summed E-state index contributed by atoms with van der Waals surface area (Å²) < 4.78 is 18.4. The van der Waals surface area contributed by atoms with Crippen molar-refractivity contribution >= 4 is 11.8 Å². The summed E-state index contributed by atoms with van der Waals surface area (Å²) in [6.45, 7) is 2.26. The molecule has 0 spiro atoms. The highest BCUT2D eigenvalue weighted by molar-refractivity contribution is 5.95. The third kappa shape index (κ3) is 3.45. The lowest BCUT2D eigenvalue weighted by molar-refractivity contribution is -0.123. The SMILES string of the molecule is CC(O)c1c(-c2ccc(F)cc2)noc1C(=O)N1CCC(C(N)=O)CC1. The molecule has 0 saturated carbocycles. The van der Waals surface area contributed by atoms with Gasteiger partial charge in [-0.15, -0.1) is 0 Å². The summed E-state index contributed by atoms with van der Waals surface area (Å²) in [7, 11) is 0. The Kier molecular flexibility index (Phi) is 5.03. The maximum atomic E-state index is 13.1. The van der Waals surface area contributed by atoms with Crippen LogP contribution in [0.4, 0.5) is 4.39 Å². The number of aliphatic hydroxyl groups is 1. The van der Waals surface area contributed by atoms with E-state index in [4.69, 9.17) is 10.3 Å². The number of aliphatic hydroxyl groups excluding tert-OH is 1. The van der Waals surface area contributed by atoms with Gasteiger partial charge in [-0.05, 0) is 44.0 Å². The van der Waals surface area contributed by atoms with E-state index in [1.165, 1.54) is 31.2 Å². The van der Waals surface area contributed by atoms with Gasteiger partial charge in [-0.2, -0.15) is 0 Å². The molecule has 138 valence electrons. The second kappa shape index (κ2) is 7.25. The fourth-order valence-electron chi connectivity index (χ4n) is 3.17. The molecule has 2 amide bonds. The summed E-state index contributed by atoms with van der Waals surface area (Å²) in [6.07, 6.45) is -0.0166. The number of piperidine rings is 1. The van der Waals surface area contributed by atoms with Crippen molar-refractivity contribution in [1.82, 2.24) is 10.1 Å². The van der Waals surface area contributed by atoms with Gasteiger partial charge in [-0.3, -0.25) is 9.59 Å². The first-order chi connectivity index (χ1) is 12.4. The molecular weight excluding hydrogens is 341 g/mol. The number of hydrogen-bond acceptors (Lipinski definition) is 5. The van der Waals surface area contributed by atoms with Gasteiger partial charge in [0.25, 0.3) is 5.91 Å². The molecule has 1 aliphatic rings. The zero-order chi connectivity index (χ0) is 18.8. The number of halogens is 1. The molecule has 3 N–H and O–H groups in total. The topological polar surface area (TPSA) is 110 Å². The minimum Gasteiger partial charge on any atom is -0.388 e. The Morgan fingerprint density at radius 1 is 1.31 bits per heavy atom. The van der Waals surface area contributed by atoms with Crippen molar-refractivity contribution in [3.05, 3.63) is 41.4 Å². The van der Waals surface area contributed by atoms with Crippen LogP contribution in [0.15, 0.2) is 28.8 Å². The summed E-state index contributed by atoms with van der Waals surface area (Å²) >= 11 is 0. The Morgan fingerprint density at radius 2 is 1.92 bits per heavy atom. The third-order valence-corrected chi connectivity index (χ3v) is 4.64. The van der Waals surface area contributed by atoms with E-state index in [-0.39, 0.29) is 23.1 Å². The van der Waals surface area contributed by atoms with Crippen LogP contribution >= 0.6 is 0 Å². The van der Waals surface area contributed by atoms with Crippen LogP contribution in [0.5, 0.6) is 0 Å². The maximum absolute atomic E-state index is 13.1. The molecule has 0 aliphatic carbocycles. The van der Waals surface area contributed by atoms with Gasteiger partial charge in [0.05, 0.1) is 11.7 Å². The first-order valence-corrected chi connectivity index (χ1v) is 8.40. The first kappa shape index (κ1) is 18.1. The van der Waals surface area contributed by atoms with E-state index in [1.807, 2.05) is 0 Å². The van der Waals surface area contributed by atoms with Crippen molar-refractivity contribution in [1.29, 1.82) is 0 Å². The number of hydrogen-bond donors (Lipinski definition) is 2. The largest absolute Gasteiger partial charge is 0.388 e. The zero-order valence-electron chi connectivity index (χ0n) is 14.3. The number of amides is 2. The van der Waals surface area contributed by atoms with Crippen LogP contribution in [0.25, 0.3) is 11.3 Å². The summed E-state index contributed by atoms with van der Waals surface area (Å²) in [6, 6.07) is 5.55. The molecule has 2 heterocycles. The van der Waals surface area contributed by atoms with Crippen LogP contribution in [-0.4, -0.2) is 40.1 Å².